The molecule has 0 atom stereocenters. The third-order valence-electron chi connectivity index (χ3n) is 2.09. The van der Waals surface area contributed by atoms with Gasteiger partial charge in [-0.1, -0.05) is 24.3 Å². The average molecular weight is 176 g/mol. The van der Waals surface area contributed by atoms with Crippen LogP contribution in [0.2, 0.25) is 0 Å². The minimum absolute atomic E-state index is 1.23. The molecule has 1 aliphatic carbocycles. The van der Waals surface area contributed by atoms with E-state index >= 15 is 0 Å². The van der Waals surface area contributed by atoms with E-state index in [2.05, 4.69) is 35.7 Å². The van der Waals surface area contributed by atoms with Gasteiger partial charge in [-0.2, -0.15) is 0 Å². The first-order chi connectivity index (χ1) is 5.97. The molecule has 0 unspecified atom stereocenters. The van der Waals surface area contributed by atoms with Crippen molar-refractivity contribution in [2.24, 2.45) is 0 Å². The summed E-state index contributed by atoms with van der Waals surface area (Å²) in [5, 5.41) is 2.14. The van der Waals surface area contributed by atoms with E-state index in [1.54, 1.807) is 0 Å². The lowest BCUT2D eigenvalue weighted by Gasteiger charge is -1.99. The highest BCUT2D eigenvalue weighted by Crippen LogP contribution is 2.26. The zero-order valence-electron chi connectivity index (χ0n) is 6.99. The van der Waals surface area contributed by atoms with Gasteiger partial charge in [-0.15, -0.1) is 11.3 Å². The predicted octanol–water partition coefficient (Wildman–Crippen LogP) is 3.87. The topological polar surface area (TPSA) is 0 Å². The summed E-state index contributed by atoms with van der Waals surface area (Å²) in [4.78, 5) is 1.43. The Balaban J connectivity index is 2.23. The molecule has 1 heterocycles. The smallest absolute Gasteiger partial charge is 0.0302 e. The molecule has 0 nitrogen and oxygen atoms in total. The number of allylic oxidation sites excluding steroid dienone is 4. The Kier molecular flexibility index (Phi) is 2.42. The van der Waals surface area contributed by atoms with Crippen molar-refractivity contribution in [1.29, 1.82) is 0 Å². The first-order valence-corrected chi connectivity index (χ1v) is 5.24. The van der Waals surface area contributed by atoms with Gasteiger partial charge in [0, 0.05) is 4.88 Å². The molecule has 0 saturated heterocycles. The van der Waals surface area contributed by atoms with Crippen molar-refractivity contribution in [2.45, 2.75) is 19.3 Å². The van der Waals surface area contributed by atoms with Crippen LogP contribution in [0.3, 0.4) is 0 Å². The fourth-order valence-electron chi connectivity index (χ4n) is 1.44. The van der Waals surface area contributed by atoms with E-state index in [9.17, 15) is 0 Å². The summed E-state index contributed by atoms with van der Waals surface area (Å²) in [6.45, 7) is 0. The summed E-state index contributed by atoms with van der Waals surface area (Å²) in [6, 6.07) is 4.32. The van der Waals surface area contributed by atoms with Gasteiger partial charge in [-0.25, -0.2) is 0 Å². The Morgan fingerprint density at radius 2 is 2.33 bits per heavy atom. The highest BCUT2D eigenvalue weighted by atomic mass is 32.1. The Labute approximate surface area is 77.2 Å². The van der Waals surface area contributed by atoms with Crippen LogP contribution in [0.4, 0.5) is 0 Å². The molecular weight excluding hydrogens is 164 g/mol. The van der Waals surface area contributed by atoms with Gasteiger partial charge in [0.15, 0.2) is 0 Å². The molecule has 12 heavy (non-hydrogen) atoms. The molecule has 2 rings (SSSR count). The van der Waals surface area contributed by atoms with E-state index in [0.717, 1.165) is 0 Å². The molecule has 0 spiro atoms. The van der Waals surface area contributed by atoms with Crippen LogP contribution < -0.4 is 0 Å². The monoisotopic (exact) mass is 176 g/mol. The molecule has 1 aliphatic rings. The molecule has 0 aliphatic heterocycles. The summed E-state index contributed by atoms with van der Waals surface area (Å²) >= 11 is 1.84. The van der Waals surface area contributed by atoms with Crippen LogP contribution in [0.5, 0.6) is 0 Å². The molecule has 0 saturated carbocycles. The normalized spacial score (nSPS) is 17.2. The van der Waals surface area contributed by atoms with Crippen molar-refractivity contribution in [3.8, 4) is 0 Å². The van der Waals surface area contributed by atoms with Crippen LogP contribution in [0.15, 0.2) is 35.7 Å². The summed E-state index contributed by atoms with van der Waals surface area (Å²) in [5.74, 6) is 0. The zero-order valence-corrected chi connectivity index (χ0v) is 7.81. The Morgan fingerprint density at radius 3 is 3.17 bits per heavy atom. The van der Waals surface area contributed by atoms with E-state index in [0.29, 0.717) is 0 Å². The Bertz CT molecular complexity index is 291. The summed E-state index contributed by atoms with van der Waals surface area (Å²) in [5.41, 5.74) is 1.50. The van der Waals surface area contributed by atoms with E-state index in [-0.39, 0.29) is 0 Å². The molecule has 1 heteroatoms. The van der Waals surface area contributed by atoms with Gasteiger partial charge in [0.25, 0.3) is 0 Å². The fraction of sp³-hybridized carbons (Fsp3) is 0.273. The van der Waals surface area contributed by atoms with Gasteiger partial charge in [-0.05, 0) is 36.3 Å². The van der Waals surface area contributed by atoms with Crippen molar-refractivity contribution in [3.05, 3.63) is 40.6 Å². The molecule has 0 N–H and O–H groups in total. The second kappa shape index (κ2) is 3.72. The van der Waals surface area contributed by atoms with E-state index in [1.165, 1.54) is 29.7 Å². The van der Waals surface area contributed by atoms with Crippen LogP contribution in [0.1, 0.15) is 24.1 Å². The highest BCUT2D eigenvalue weighted by Gasteiger charge is 2.02. The van der Waals surface area contributed by atoms with Crippen molar-refractivity contribution in [2.75, 3.05) is 0 Å². The summed E-state index contributed by atoms with van der Waals surface area (Å²) in [7, 11) is 0. The van der Waals surface area contributed by atoms with E-state index < -0.39 is 0 Å². The standard InChI is InChI=1S/C11H12S/c1-2-4-7-10(6-3-1)11-8-5-9-12-11/h1,3,5-6,8-9H,2,4,7H2. The molecule has 0 aromatic carbocycles. The molecule has 0 amide bonds. The molecule has 1 aromatic heterocycles. The number of thiophene rings is 1. The van der Waals surface area contributed by atoms with Crippen molar-refractivity contribution in [1.82, 2.24) is 0 Å². The number of hydrogen-bond donors (Lipinski definition) is 0. The van der Waals surface area contributed by atoms with Gasteiger partial charge in [0.2, 0.25) is 0 Å². The number of hydrogen-bond acceptors (Lipinski definition) is 1. The lowest BCUT2D eigenvalue weighted by Crippen LogP contribution is -1.77. The molecule has 62 valence electrons. The maximum Gasteiger partial charge on any atom is 0.0302 e. The summed E-state index contributed by atoms with van der Waals surface area (Å²) < 4.78 is 0. The molecule has 0 bridgehead atoms. The molecular formula is C11H12S. The van der Waals surface area contributed by atoms with Crippen LogP contribution in [-0.4, -0.2) is 0 Å². The largest absolute Gasteiger partial charge is 0.144 e. The van der Waals surface area contributed by atoms with Gasteiger partial charge in [0.1, 0.15) is 0 Å². The van der Waals surface area contributed by atoms with Gasteiger partial charge < -0.3 is 0 Å². The third kappa shape index (κ3) is 1.67. The molecule has 1 aromatic rings. The zero-order chi connectivity index (χ0) is 8.23. The quantitative estimate of drug-likeness (QED) is 0.609. The van der Waals surface area contributed by atoms with Gasteiger partial charge in [-0.3, -0.25) is 0 Å². The minimum Gasteiger partial charge on any atom is -0.144 e. The van der Waals surface area contributed by atoms with Gasteiger partial charge >= 0.3 is 0 Å². The van der Waals surface area contributed by atoms with Crippen molar-refractivity contribution >= 4 is 16.9 Å². The highest BCUT2D eigenvalue weighted by molar-refractivity contribution is 7.11. The van der Waals surface area contributed by atoms with Crippen LogP contribution in [0.25, 0.3) is 5.57 Å². The van der Waals surface area contributed by atoms with Crippen molar-refractivity contribution < 1.29 is 0 Å². The lowest BCUT2D eigenvalue weighted by atomic mass is 10.1. The fourth-order valence-corrected chi connectivity index (χ4v) is 2.22. The lowest BCUT2D eigenvalue weighted by molar-refractivity contribution is 0.888. The van der Waals surface area contributed by atoms with Crippen LogP contribution >= 0.6 is 11.3 Å². The maximum atomic E-state index is 2.25. The average Bonchev–Trinajstić information content (AvgIpc) is 2.48. The van der Waals surface area contributed by atoms with Gasteiger partial charge in [0.05, 0.1) is 0 Å². The van der Waals surface area contributed by atoms with Crippen molar-refractivity contribution in [3.63, 3.8) is 0 Å². The minimum atomic E-state index is 1.23. The first kappa shape index (κ1) is 7.81. The summed E-state index contributed by atoms with van der Waals surface area (Å²) in [6.07, 6.45) is 10.4. The first-order valence-electron chi connectivity index (χ1n) is 4.36. The Morgan fingerprint density at radius 1 is 1.33 bits per heavy atom. The van der Waals surface area contributed by atoms with E-state index in [1.807, 2.05) is 11.3 Å². The van der Waals surface area contributed by atoms with Crippen LogP contribution in [-0.2, 0) is 0 Å². The van der Waals surface area contributed by atoms with Crippen LogP contribution in [0, 0.1) is 0 Å². The molecule has 0 fully saturated rings. The second-order valence-electron chi connectivity index (χ2n) is 2.99. The maximum absolute atomic E-state index is 2.25. The second-order valence-corrected chi connectivity index (χ2v) is 3.94. The van der Waals surface area contributed by atoms with E-state index in [4.69, 9.17) is 0 Å². The third-order valence-corrected chi connectivity index (χ3v) is 3.03. The SMILES string of the molecule is C1=CCCCC(c2cccs2)=C1. The number of rotatable bonds is 1. The molecule has 0 radical (unpaired) electrons. The Hall–Kier alpha value is -0.820. The predicted molar refractivity (Wildman–Crippen MR) is 55.3 cm³/mol.